The second-order valence-corrected chi connectivity index (χ2v) is 10.5. The van der Waals surface area contributed by atoms with Gasteiger partial charge in [-0.25, -0.2) is 4.79 Å². The zero-order chi connectivity index (χ0) is 24.8. The fourth-order valence-electron chi connectivity index (χ4n) is 4.07. The van der Waals surface area contributed by atoms with Crippen molar-refractivity contribution >= 4 is 51.6 Å². The Morgan fingerprint density at radius 2 is 2.06 bits per heavy atom. The average molecular weight is 531 g/mol. The fraction of sp³-hybridized carbons (Fsp3) is 0.360. The van der Waals surface area contributed by atoms with Gasteiger partial charge in [0.15, 0.2) is 11.0 Å². The van der Waals surface area contributed by atoms with E-state index in [1.165, 1.54) is 28.0 Å². The van der Waals surface area contributed by atoms with Crippen molar-refractivity contribution in [1.29, 1.82) is 0 Å². The number of rotatable bonds is 9. The molecule has 10 heteroatoms. The highest BCUT2D eigenvalue weighted by molar-refractivity contribution is 7.99. The molecular weight excluding hydrogens is 504 g/mol. The molecule has 0 radical (unpaired) electrons. The van der Waals surface area contributed by atoms with Crippen LogP contribution in [0.2, 0.25) is 5.02 Å². The Labute approximate surface area is 217 Å². The molecule has 0 unspecified atom stereocenters. The van der Waals surface area contributed by atoms with E-state index in [-0.39, 0.29) is 17.6 Å². The maximum Gasteiger partial charge on any atom is 0.341 e. The van der Waals surface area contributed by atoms with Crippen LogP contribution in [0.5, 0.6) is 0 Å². The molecule has 0 fully saturated rings. The lowest BCUT2D eigenvalue weighted by Gasteiger charge is -2.10. The van der Waals surface area contributed by atoms with Crippen LogP contribution in [-0.4, -0.2) is 39.0 Å². The van der Waals surface area contributed by atoms with E-state index in [2.05, 4.69) is 22.1 Å². The number of thioether (sulfide) groups is 1. The van der Waals surface area contributed by atoms with Gasteiger partial charge in [-0.1, -0.05) is 48.0 Å². The SMILES string of the molecule is C=CCn1c(SCC(=O)Nc2sc3c(c2C(=O)OCC)CCCCC3)nnc1-c1ccccc1Cl. The van der Waals surface area contributed by atoms with Crippen molar-refractivity contribution in [3.8, 4) is 11.4 Å². The Balaban J connectivity index is 1.52. The van der Waals surface area contributed by atoms with Crippen molar-refractivity contribution in [2.75, 3.05) is 17.7 Å². The normalized spacial score (nSPS) is 13.1. The molecule has 184 valence electrons. The highest BCUT2D eigenvalue weighted by Crippen LogP contribution is 2.38. The first-order valence-corrected chi connectivity index (χ1v) is 13.7. The second kappa shape index (κ2) is 11.9. The number of carbonyl (C=O) groups is 2. The number of nitrogens with one attached hydrogen (secondary N) is 1. The van der Waals surface area contributed by atoms with E-state index in [1.54, 1.807) is 19.1 Å². The Bertz CT molecular complexity index is 1240. The largest absolute Gasteiger partial charge is 0.462 e. The topological polar surface area (TPSA) is 86.1 Å². The quantitative estimate of drug-likeness (QED) is 0.157. The summed E-state index contributed by atoms with van der Waals surface area (Å²) in [5.41, 5.74) is 2.31. The van der Waals surface area contributed by atoms with Crippen molar-refractivity contribution < 1.29 is 14.3 Å². The maximum absolute atomic E-state index is 12.9. The van der Waals surface area contributed by atoms with Crippen molar-refractivity contribution in [2.45, 2.75) is 50.7 Å². The molecule has 0 atom stereocenters. The summed E-state index contributed by atoms with van der Waals surface area (Å²) in [4.78, 5) is 26.8. The molecule has 0 saturated heterocycles. The van der Waals surface area contributed by atoms with Crippen LogP contribution in [0.3, 0.4) is 0 Å². The number of allylic oxidation sites excluding steroid dienone is 1. The molecule has 1 aromatic carbocycles. The Morgan fingerprint density at radius 1 is 1.26 bits per heavy atom. The summed E-state index contributed by atoms with van der Waals surface area (Å²) in [5.74, 6) is 0.141. The van der Waals surface area contributed by atoms with Crippen molar-refractivity contribution in [3.63, 3.8) is 0 Å². The van der Waals surface area contributed by atoms with Gasteiger partial charge in [0.25, 0.3) is 0 Å². The van der Waals surface area contributed by atoms with Crippen LogP contribution in [0, 0.1) is 0 Å². The number of esters is 1. The molecular formula is C25H27ClN4O3S2. The molecule has 0 aliphatic heterocycles. The lowest BCUT2D eigenvalue weighted by molar-refractivity contribution is -0.113. The minimum absolute atomic E-state index is 0.114. The molecule has 4 rings (SSSR count). The first-order valence-electron chi connectivity index (χ1n) is 11.6. The van der Waals surface area contributed by atoms with Gasteiger partial charge >= 0.3 is 5.97 Å². The van der Waals surface area contributed by atoms with E-state index in [1.807, 2.05) is 22.8 Å². The summed E-state index contributed by atoms with van der Waals surface area (Å²) in [7, 11) is 0. The molecule has 1 amide bonds. The number of hydrogen-bond acceptors (Lipinski definition) is 7. The standard InChI is InChI=1S/C25H27ClN4O3S2/c1-3-14-30-22(16-10-8-9-12-18(16)26)28-29-25(30)34-15-20(31)27-23-21(24(32)33-4-2)17-11-6-5-7-13-19(17)35-23/h3,8-10,12H,1,4-7,11,13-15H2,2H3,(H,27,31). The summed E-state index contributed by atoms with van der Waals surface area (Å²) >= 11 is 9.12. The summed E-state index contributed by atoms with van der Waals surface area (Å²) in [6.07, 6.45) is 6.77. The molecule has 0 bridgehead atoms. The number of hydrogen-bond donors (Lipinski definition) is 1. The van der Waals surface area contributed by atoms with Crippen LogP contribution in [0.4, 0.5) is 5.00 Å². The van der Waals surface area contributed by atoms with Gasteiger partial charge in [0.05, 0.1) is 22.9 Å². The highest BCUT2D eigenvalue weighted by Gasteiger charge is 2.27. The third kappa shape index (κ3) is 5.79. The third-order valence-electron chi connectivity index (χ3n) is 5.63. The first kappa shape index (κ1) is 25.5. The van der Waals surface area contributed by atoms with Gasteiger partial charge in [0.1, 0.15) is 5.00 Å². The zero-order valence-electron chi connectivity index (χ0n) is 19.5. The monoisotopic (exact) mass is 530 g/mol. The van der Waals surface area contributed by atoms with Gasteiger partial charge < -0.3 is 10.1 Å². The number of benzene rings is 1. The van der Waals surface area contributed by atoms with Gasteiger partial charge in [-0.3, -0.25) is 9.36 Å². The number of thiophene rings is 1. The fourth-order valence-corrected chi connectivity index (χ4v) is 6.34. The summed E-state index contributed by atoms with van der Waals surface area (Å²) in [6, 6.07) is 7.42. The number of fused-ring (bicyclic) bond motifs is 1. The number of ether oxygens (including phenoxy) is 1. The van der Waals surface area contributed by atoms with E-state index in [0.29, 0.717) is 39.7 Å². The van der Waals surface area contributed by atoms with Crippen LogP contribution < -0.4 is 5.32 Å². The second-order valence-electron chi connectivity index (χ2n) is 8.01. The van der Waals surface area contributed by atoms with E-state index in [4.69, 9.17) is 16.3 Å². The summed E-state index contributed by atoms with van der Waals surface area (Å²) in [5, 5.41) is 13.3. The molecule has 2 heterocycles. The number of anilines is 1. The molecule has 1 aliphatic carbocycles. The molecule has 35 heavy (non-hydrogen) atoms. The van der Waals surface area contributed by atoms with Crippen LogP contribution in [0.25, 0.3) is 11.4 Å². The van der Waals surface area contributed by atoms with Crippen LogP contribution in [0.1, 0.15) is 47.0 Å². The Morgan fingerprint density at radius 3 is 2.83 bits per heavy atom. The number of aromatic nitrogens is 3. The molecule has 1 aliphatic rings. The Hall–Kier alpha value is -2.62. The molecule has 7 nitrogen and oxygen atoms in total. The van der Waals surface area contributed by atoms with Crippen LogP contribution in [0.15, 0.2) is 42.1 Å². The number of amides is 1. The van der Waals surface area contributed by atoms with E-state index in [9.17, 15) is 9.59 Å². The number of aryl methyl sites for hydroxylation is 1. The molecule has 2 aromatic heterocycles. The zero-order valence-corrected chi connectivity index (χ0v) is 21.9. The number of halogens is 1. The molecule has 1 N–H and O–H groups in total. The number of carbonyl (C=O) groups excluding carboxylic acids is 2. The smallest absolute Gasteiger partial charge is 0.341 e. The van der Waals surface area contributed by atoms with Crippen molar-refractivity contribution in [1.82, 2.24) is 14.8 Å². The van der Waals surface area contributed by atoms with E-state index < -0.39 is 0 Å². The van der Waals surface area contributed by atoms with Crippen molar-refractivity contribution in [2.24, 2.45) is 0 Å². The Kier molecular flexibility index (Phi) is 8.64. The maximum atomic E-state index is 12.9. The average Bonchev–Trinajstić information content (AvgIpc) is 3.30. The highest BCUT2D eigenvalue weighted by atomic mass is 35.5. The first-order chi connectivity index (χ1) is 17.0. The molecule has 0 saturated carbocycles. The van der Waals surface area contributed by atoms with E-state index in [0.717, 1.165) is 43.2 Å². The summed E-state index contributed by atoms with van der Waals surface area (Å²) < 4.78 is 7.19. The van der Waals surface area contributed by atoms with E-state index >= 15 is 0 Å². The van der Waals surface area contributed by atoms with Gasteiger partial charge in [0, 0.05) is 17.0 Å². The lowest BCUT2D eigenvalue weighted by Crippen LogP contribution is -2.17. The lowest BCUT2D eigenvalue weighted by atomic mass is 10.1. The predicted molar refractivity (Wildman–Crippen MR) is 142 cm³/mol. The van der Waals surface area contributed by atoms with Gasteiger partial charge in [-0.2, -0.15) is 0 Å². The van der Waals surface area contributed by atoms with Crippen molar-refractivity contribution in [3.05, 3.63) is 57.9 Å². The van der Waals surface area contributed by atoms with Gasteiger partial charge in [-0.05, 0) is 50.3 Å². The molecule has 0 spiro atoms. The number of nitrogens with zero attached hydrogens (tertiary/aromatic N) is 3. The third-order valence-corrected chi connectivity index (χ3v) is 8.13. The minimum Gasteiger partial charge on any atom is -0.462 e. The molecule has 3 aromatic rings. The summed E-state index contributed by atoms with van der Waals surface area (Å²) in [6.45, 7) is 6.38. The van der Waals surface area contributed by atoms with Crippen LogP contribution >= 0.6 is 34.7 Å². The van der Waals surface area contributed by atoms with Crippen LogP contribution in [-0.2, 0) is 28.9 Å². The van der Waals surface area contributed by atoms with Gasteiger partial charge in [-0.15, -0.1) is 28.1 Å². The minimum atomic E-state index is -0.370. The predicted octanol–water partition coefficient (Wildman–Crippen LogP) is 6.02. The van der Waals surface area contributed by atoms with Gasteiger partial charge in [0.2, 0.25) is 5.91 Å².